The van der Waals surface area contributed by atoms with Crippen LogP contribution in [-0.2, 0) is 35.8 Å². The molecule has 3 rings (SSSR count). The van der Waals surface area contributed by atoms with Gasteiger partial charge in [-0.05, 0) is 25.5 Å². The highest BCUT2D eigenvalue weighted by molar-refractivity contribution is 6.42. The molecular weight excluding hydrogens is 533 g/mol. The van der Waals surface area contributed by atoms with Gasteiger partial charge >= 0.3 is 11.9 Å². The molecule has 0 saturated carbocycles. The highest BCUT2D eigenvalue weighted by Crippen LogP contribution is 2.43. The lowest BCUT2D eigenvalue weighted by atomic mass is 9.80. The molecule has 1 aliphatic rings. The van der Waals surface area contributed by atoms with Gasteiger partial charge in [0.2, 0.25) is 0 Å². The van der Waals surface area contributed by atoms with Gasteiger partial charge in [-0.1, -0.05) is 56.1 Å². The van der Waals surface area contributed by atoms with Crippen LogP contribution in [0.15, 0.2) is 51.6 Å². The molecule has 0 spiro atoms. The number of nitrogens with one attached hydrogen (secondary N) is 2. The monoisotopic (exact) mass is 563 g/mol. The fourth-order valence-corrected chi connectivity index (χ4v) is 4.51. The third-order valence-corrected chi connectivity index (χ3v) is 6.67. The zero-order valence-corrected chi connectivity index (χ0v) is 23.7. The van der Waals surface area contributed by atoms with E-state index < -0.39 is 17.9 Å². The molecular formula is C27H31Cl2N3O6. The highest BCUT2D eigenvalue weighted by atomic mass is 35.5. The number of esters is 2. The van der Waals surface area contributed by atoms with Crippen molar-refractivity contribution in [1.82, 2.24) is 15.3 Å². The van der Waals surface area contributed by atoms with Crippen LogP contribution in [0.3, 0.4) is 0 Å². The fraction of sp³-hybridized carbons (Fsp3) is 0.407. The van der Waals surface area contributed by atoms with E-state index in [1.807, 2.05) is 20.8 Å². The standard InChI is InChI=1S/C27H31Cl2N3O6/c1-7-38-25(35)22-18(13-37-12-15-11-19(33)32-26(31-15)27(3,4)5)30-14(2)20(24(34)36-6)21(22)16-9-8-10-17(28)23(16)29/h8-11,21,30H,7,12-13H2,1-6H3,(H,31,32,33). The van der Waals surface area contributed by atoms with Gasteiger partial charge in [0.15, 0.2) is 0 Å². The van der Waals surface area contributed by atoms with Crippen LogP contribution in [0.2, 0.25) is 10.0 Å². The number of H-pyrrole nitrogens is 1. The maximum atomic E-state index is 13.3. The van der Waals surface area contributed by atoms with Gasteiger partial charge in [-0.15, -0.1) is 0 Å². The maximum absolute atomic E-state index is 13.3. The van der Waals surface area contributed by atoms with Crippen LogP contribution >= 0.6 is 23.2 Å². The Hall–Kier alpha value is -3.14. The zero-order chi connectivity index (χ0) is 28.2. The molecule has 0 saturated heterocycles. The number of allylic oxidation sites excluding steroid dienone is 1. The predicted molar refractivity (Wildman–Crippen MR) is 144 cm³/mol. The number of rotatable bonds is 8. The Labute approximate surface area is 231 Å². The second kappa shape index (κ2) is 12.1. The molecule has 1 unspecified atom stereocenters. The molecule has 0 fully saturated rings. The molecule has 2 aromatic rings. The fourth-order valence-electron chi connectivity index (χ4n) is 4.09. The molecule has 38 heavy (non-hydrogen) atoms. The van der Waals surface area contributed by atoms with Crippen molar-refractivity contribution >= 4 is 35.1 Å². The van der Waals surface area contributed by atoms with Gasteiger partial charge in [0.05, 0.1) is 65.4 Å². The predicted octanol–water partition coefficient (Wildman–Crippen LogP) is 4.54. The van der Waals surface area contributed by atoms with Gasteiger partial charge < -0.3 is 24.5 Å². The summed E-state index contributed by atoms with van der Waals surface area (Å²) in [5.41, 5.74) is 1.37. The van der Waals surface area contributed by atoms with E-state index in [1.54, 1.807) is 32.0 Å². The van der Waals surface area contributed by atoms with E-state index in [2.05, 4.69) is 15.3 Å². The van der Waals surface area contributed by atoms with Crippen LogP contribution in [-0.4, -0.2) is 42.2 Å². The molecule has 9 nitrogen and oxygen atoms in total. The van der Waals surface area contributed by atoms with Gasteiger partial charge in [0.1, 0.15) is 5.82 Å². The topological polar surface area (TPSA) is 120 Å². The normalized spacial score (nSPS) is 15.8. The van der Waals surface area contributed by atoms with Crippen molar-refractivity contribution in [3.63, 3.8) is 0 Å². The number of hydrogen-bond donors (Lipinski definition) is 2. The first-order valence-corrected chi connectivity index (χ1v) is 12.7. The van der Waals surface area contributed by atoms with Crippen molar-refractivity contribution in [2.75, 3.05) is 20.3 Å². The average molecular weight is 564 g/mol. The minimum Gasteiger partial charge on any atom is -0.466 e. The number of hydrogen-bond acceptors (Lipinski definition) is 8. The molecule has 0 bridgehead atoms. The number of aromatic nitrogens is 2. The molecule has 204 valence electrons. The van der Waals surface area contributed by atoms with Gasteiger partial charge in [-0.3, -0.25) is 4.79 Å². The van der Waals surface area contributed by atoms with Crippen molar-refractivity contribution in [3.8, 4) is 0 Å². The van der Waals surface area contributed by atoms with E-state index in [-0.39, 0.29) is 52.0 Å². The number of carbonyl (C=O) groups is 2. The Morgan fingerprint density at radius 1 is 1.11 bits per heavy atom. The van der Waals surface area contributed by atoms with Crippen molar-refractivity contribution in [1.29, 1.82) is 0 Å². The van der Waals surface area contributed by atoms with Gasteiger partial charge in [-0.2, -0.15) is 0 Å². The second-order valence-electron chi connectivity index (χ2n) is 9.67. The molecule has 1 aromatic carbocycles. The zero-order valence-electron chi connectivity index (χ0n) is 22.2. The first kappa shape index (κ1) is 29.4. The summed E-state index contributed by atoms with van der Waals surface area (Å²) >= 11 is 12.9. The van der Waals surface area contributed by atoms with Crippen molar-refractivity contribution in [3.05, 3.63) is 84.3 Å². The van der Waals surface area contributed by atoms with E-state index >= 15 is 0 Å². The summed E-state index contributed by atoms with van der Waals surface area (Å²) in [6, 6.07) is 6.34. The SMILES string of the molecule is CCOC(=O)C1=C(COCc2cc(=O)[nH]c(C(C)(C)C)n2)NC(C)=C(C(=O)OC)C1c1cccc(Cl)c1Cl. The Morgan fingerprint density at radius 3 is 2.45 bits per heavy atom. The molecule has 11 heteroatoms. The molecule has 0 aliphatic carbocycles. The maximum Gasteiger partial charge on any atom is 0.336 e. The Balaban J connectivity index is 2.06. The summed E-state index contributed by atoms with van der Waals surface area (Å²) in [6.07, 6.45) is 0. The van der Waals surface area contributed by atoms with Crippen LogP contribution in [0.25, 0.3) is 0 Å². The van der Waals surface area contributed by atoms with Gasteiger partial charge in [0, 0.05) is 17.2 Å². The largest absolute Gasteiger partial charge is 0.466 e. The molecule has 1 aliphatic heterocycles. The lowest BCUT2D eigenvalue weighted by Crippen LogP contribution is -2.35. The minimum atomic E-state index is -0.933. The van der Waals surface area contributed by atoms with E-state index in [0.717, 1.165) is 0 Å². The third kappa shape index (κ3) is 6.46. The van der Waals surface area contributed by atoms with E-state index in [9.17, 15) is 14.4 Å². The minimum absolute atomic E-state index is 0.00347. The number of nitrogens with zero attached hydrogens (tertiary/aromatic N) is 1. The number of halogens is 2. The van der Waals surface area contributed by atoms with Crippen molar-refractivity contribution in [2.45, 2.75) is 52.6 Å². The first-order valence-electron chi connectivity index (χ1n) is 12.0. The van der Waals surface area contributed by atoms with Crippen LogP contribution in [0.1, 0.15) is 57.6 Å². The Kier molecular flexibility index (Phi) is 9.40. The molecule has 0 radical (unpaired) electrons. The molecule has 1 aromatic heterocycles. The summed E-state index contributed by atoms with van der Waals surface area (Å²) < 4.78 is 16.3. The van der Waals surface area contributed by atoms with Gasteiger partial charge in [0.25, 0.3) is 5.56 Å². The summed E-state index contributed by atoms with van der Waals surface area (Å²) in [7, 11) is 1.26. The number of dihydropyridines is 1. The quantitative estimate of drug-likeness (QED) is 0.449. The number of aromatic amines is 1. The molecule has 1 atom stereocenters. The summed E-state index contributed by atoms with van der Waals surface area (Å²) in [4.78, 5) is 45.6. The molecule has 0 amide bonds. The summed E-state index contributed by atoms with van der Waals surface area (Å²) in [6.45, 7) is 9.22. The Morgan fingerprint density at radius 2 is 1.82 bits per heavy atom. The lowest BCUT2D eigenvalue weighted by Gasteiger charge is -2.31. The molecule has 2 heterocycles. The van der Waals surface area contributed by atoms with Crippen LogP contribution in [0.4, 0.5) is 0 Å². The summed E-state index contributed by atoms with van der Waals surface area (Å²) in [5, 5.41) is 3.57. The van der Waals surface area contributed by atoms with Crippen LogP contribution < -0.4 is 10.9 Å². The van der Waals surface area contributed by atoms with E-state index in [4.69, 9.17) is 37.4 Å². The number of methoxy groups -OCH3 is 1. The van der Waals surface area contributed by atoms with Crippen molar-refractivity contribution < 1.29 is 23.8 Å². The number of carbonyl (C=O) groups excluding carboxylic acids is 2. The third-order valence-electron chi connectivity index (χ3n) is 5.84. The van der Waals surface area contributed by atoms with Crippen LogP contribution in [0.5, 0.6) is 0 Å². The molecule has 2 N–H and O–H groups in total. The smallest absolute Gasteiger partial charge is 0.336 e. The average Bonchev–Trinajstić information content (AvgIpc) is 2.84. The Bertz CT molecular complexity index is 1360. The van der Waals surface area contributed by atoms with E-state index in [1.165, 1.54) is 13.2 Å². The number of benzene rings is 1. The lowest BCUT2D eigenvalue weighted by molar-refractivity contribution is -0.139. The number of ether oxygens (including phenoxy) is 3. The second-order valence-corrected chi connectivity index (χ2v) is 10.5. The van der Waals surface area contributed by atoms with Gasteiger partial charge in [-0.25, -0.2) is 14.6 Å². The van der Waals surface area contributed by atoms with Crippen LogP contribution in [0, 0.1) is 0 Å². The van der Waals surface area contributed by atoms with Crippen molar-refractivity contribution in [2.24, 2.45) is 0 Å². The van der Waals surface area contributed by atoms with E-state index in [0.29, 0.717) is 28.5 Å². The highest BCUT2D eigenvalue weighted by Gasteiger charge is 2.40. The first-order chi connectivity index (χ1) is 17.9. The summed E-state index contributed by atoms with van der Waals surface area (Å²) in [5.74, 6) is -1.70.